The van der Waals surface area contributed by atoms with E-state index in [0.717, 1.165) is 22.7 Å². The monoisotopic (exact) mass is 274 g/mol. The molecule has 102 valence electrons. The highest BCUT2D eigenvalue weighted by Crippen LogP contribution is 2.30. The molecule has 0 saturated carbocycles. The van der Waals surface area contributed by atoms with Crippen LogP contribution in [0.2, 0.25) is 0 Å². The number of carboxylic acid groups (broad SMARTS) is 1. The maximum Gasteiger partial charge on any atom is 0.416 e. The first-order chi connectivity index (χ1) is 8.84. The molecule has 2 aromatic rings. The molecule has 1 N–H and O–H groups in total. The molecule has 0 aliphatic rings. The van der Waals surface area contributed by atoms with Crippen LogP contribution in [0.3, 0.4) is 0 Å². The van der Waals surface area contributed by atoms with Crippen molar-refractivity contribution in [1.82, 2.24) is 9.38 Å². The molecule has 0 aliphatic heterocycles. The molecule has 19 heavy (non-hydrogen) atoms. The summed E-state index contributed by atoms with van der Waals surface area (Å²) in [6, 6.07) is 1.60. The molecule has 5 nitrogen and oxygen atoms in total. The largest absolute Gasteiger partial charge is 0.477 e. The van der Waals surface area contributed by atoms with Crippen molar-refractivity contribution < 1.29 is 27.8 Å². The van der Waals surface area contributed by atoms with Crippen molar-refractivity contribution in [2.24, 2.45) is 0 Å². The fraction of sp³-hybridized carbons (Fsp3) is 0.273. The predicted molar refractivity (Wildman–Crippen MR) is 57.9 cm³/mol. The smallest absolute Gasteiger partial charge is 0.416 e. The van der Waals surface area contributed by atoms with E-state index in [4.69, 9.17) is 9.84 Å². The quantitative estimate of drug-likeness (QED) is 0.931. The molecule has 0 radical (unpaired) electrons. The molecule has 2 heterocycles. The van der Waals surface area contributed by atoms with E-state index in [2.05, 4.69) is 4.98 Å². The van der Waals surface area contributed by atoms with Gasteiger partial charge in [0.05, 0.1) is 12.2 Å². The zero-order valence-corrected chi connectivity index (χ0v) is 9.73. The number of halogens is 3. The molecule has 2 rings (SSSR count). The average Bonchev–Trinajstić information content (AvgIpc) is 2.65. The number of hydrogen-bond acceptors (Lipinski definition) is 3. The van der Waals surface area contributed by atoms with Crippen LogP contribution < -0.4 is 0 Å². The second kappa shape index (κ2) is 4.54. The minimum absolute atomic E-state index is 0.0781. The Balaban J connectivity index is 2.66. The summed E-state index contributed by atoms with van der Waals surface area (Å²) in [5.41, 5.74) is -1.09. The summed E-state index contributed by atoms with van der Waals surface area (Å²) in [5, 5.41) is 9.07. The Morgan fingerprint density at radius 1 is 1.53 bits per heavy atom. The van der Waals surface area contributed by atoms with Gasteiger partial charge in [0.1, 0.15) is 11.3 Å². The van der Waals surface area contributed by atoms with Gasteiger partial charge in [0.25, 0.3) is 0 Å². The number of aromatic carboxylic acids is 1. The molecule has 2 aromatic heterocycles. The van der Waals surface area contributed by atoms with Gasteiger partial charge in [-0.25, -0.2) is 9.78 Å². The molecule has 8 heteroatoms. The third-order valence-electron chi connectivity index (χ3n) is 2.51. The second-order valence-electron chi connectivity index (χ2n) is 3.79. The summed E-state index contributed by atoms with van der Waals surface area (Å²) in [6.45, 7) is -0.0926. The third-order valence-corrected chi connectivity index (χ3v) is 2.51. The Hall–Kier alpha value is -2.09. The minimum atomic E-state index is -4.50. The first-order valence-electron chi connectivity index (χ1n) is 5.15. The van der Waals surface area contributed by atoms with Gasteiger partial charge in [-0.3, -0.25) is 4.40 Å². The van der Waals surface area contributed by atoms with Gasteiger partial charge in [-0.2, -0.15) is 13.2 Å². The fourth-order valence-corrected chi connectivity index (χ4v) is 1.73. The van der Waals surface area contributed by atoms with Gasteiger partial charge in [-0.1, -0.05) is 0 Å². The summed E-state index contributed by atoms with van der Waals surface area (Å²) < 4.78 is 43.5. The summed E-state index contributed by atoms with van der Waals surface area (Å²) >= 11 is 0. The number of ether oxygens (including phenoxy) is 1. The maximum atomic E-state index is 12.6. The maximum absolute atomic E-state index is 12.6. The Bertz CT molecular complexity index is 634. The number of fused-ring (bicyclic) bond motifs is 1. The Labute approximate surface area is 105 Å². The van der Waals surface area contributed by atoms with Crippen molar-refractivity contribution in [3.8, 4) is 0 Å². The van der Waals surface area contributed by atoms with Crippen molar-refractivity contribution in [3.05, 3.63) is 35.3 Å². The summed E-state index contributed by atoms with van der Waals surface area (Å²) in [4.78, 5) is 15.0. The van der Waals surface area contributed by atoms with Crippen molar-refractivity contribution >= 4 is 11.6 Å². The van der Waals surface area contributed by atoms with E-state index in [-0.39, 0.29) is 23.6 Å². The number of alkyl halides is 3. The van der Waals surface area contributed by atoms with Gasteiger partial charge in [0.2, 0.25) is 0 Å². The van der Waals surface area contributed by atoms with E-state index in [1.54, 1.807) is 0 Å². The number of carboxylic acids is 1. The van der Waals surface area contributed by atoms with E-state index >= 15 is 0 Å². The van der Waals surface area contributed by atoms with Crippen LogP contribution in [0, 0.1) is 0 Å². The van der Waals surface area contributed by atoms with Crippen LogP contribution in [0.5, 0.6) is 0 Å². The van der Waals surface area contributed by atoms with E-state index < -0.39 is 17.7 Å². The molecule has 0 bridgehead atoms. The van der Waals surface area contributed by atoms with Crippen LogP contribution in [0.25, 0.3) is 5.65 Å². The van der Waals surface area contributed by atoms with E-state index in [0.29, 0.717) is 0 Å². The molecule has 0 saturated heterocycles. The number of pyridine rings is 1. The van der Waals surface area contributed by atoms with Crippen LogP contribution >= 0.6 is 0 Å². The number of nitrogens with zero attached hydrogens (tertiary/aromatic N) is 2. The van der Waals surface area contributed by atoms with E-state index in [1.807, 2.05) is 0 Å². The van der Waals surface area contributed by atoms with Gasteiger partial charge in [-0.05, 0) is 12.1 Å². The Kier molecular flexibility index (Phi) is 3.19. The number of methoxy groups -OCH3 is 1. The number of rotatable bonds is 3. The average molecular weight is 274 g/mol. The lowest BCUT2D eigenvalue weighted by atomic mass is 10.2. The zero-order valence-electron chi connectivity index (χ0n) is 9.73. The van der Waals surface area contributed by atoms with Crippen molar-refractivity contribution in [2.45, 2.75) is 12.8 Å². The minimum Gasteiger partial charge on any atom is -0.477 e. The molecule has 0 atom stereocenters. The van der Waals surface area contributed by atoms with Crippen molar-refractivity contribution in [3.63, 3.8) is 0 Å². The van der Waals surface area contributed by atoms with Crippen molar-refractivity contribution in [1.29, 1.82) is 0 Å². The van der Waals surface area contributed by atoms with Crippen LogP contribution in [0.4, 0.5) is 13.2 Å². The van der Waals surface area contributed by atoms with Crippen LogP contribution in [-0.2, 0) is 17.5 Å². The van der Waals surface area contributed by atoms with E-state index in [9.17, 15) is 18.0 Å². The number of imidazole rings is 1. The van der Waals surface area contributed by atoms with Gasteiger partial charge in [0.15, 0.2) is 5.69 Å². The highest BCUT2D eigenvalue weighted by atomic mass is 19.4. The number of carbonyl (C=O) groups is 1. The van der Waals surface area contributed by atoms with E-state index in [1.165, 1.54) is 7.11 Å². The predicted octanol–water partition coefficient (Wildman–Crippen LogP) is 2.20. The summed E-state index contributed by atoms with van der Waals surface area (Å²) in [7, 11) is 1.34. The van der Waals surface area contributed by atoms with Gasteiger partial charge >= 0.3 is 12.1 Å². The molecular weight excluding hydrogens is 265 g/mol. The first-order valence-corrected chi connectivity index (χ1v) is 5.15. The molecule has 0 amide bonds. The number of hydrogen-bond donors (Lipinski definition) is 1. The van der Waals surface area contributed by atoms with Crippen LogP contribution in [0.15, 0.2) is 18.3 Å². The molecule has 0 aliphatic carbocycles. The molecule has 0 spiro atoms. The normalized spacial score (nSPS) is 12.0. The molecule has 0 aromatic carbocycles. The summed E-state index contributed by atoms with van der Waals surface area (Å²) in [5.74, 6) is -1.28. The zero-order chi connectivity index (χ0) is 14.2. The molecule has 0 unspecified atom stereocenters. The highest BCUT2D eigenvalue weighted by molar-refractivity contribution is 5.88. The van der Waals surface area contributed by atoms with Gasteiger partial charge < -0.3 is 9.84 Å². The second-order valence-corrected chi connectivity index (χ2v) is 3.79. The third kappa shape index (κ3) is 2.39. The molecule has 0 fully saturated rings. The summed E-state index contributed by atoms with van der Waals surface area (Å²) in [6.07, 6.45) is -3.47. The SMILES string of the molecule is COCc1nc2cc(C(F)(F)F)ccn2c1C(=O)O. The number of aromatic nitrogens is 2. The van der Waals surface area contributed by atoms with Crippen LogP contribution in [0.1, 0.15) is 21.7 Å². The lowest BCUT2D eigenvalue weighted by molar-refractivity contribution is -0.137. The lowest BCUT2D eigenvalue weighted by Crippen LogP contribution is -2.08. The Morgan fingerprint density at radius 3 is 2.74 bits per heavy atom. The topological polar surface area (TPSA) is 63.8 Å². The van der Waals surface area contributed by atoms with Gasteiger partial charge in [0, 0.05) is 13.3 Å². The van der Waals surface area contributed by atoms with Crippen LogP contribution in [-0.4, -0.2) is 27.6 Å². The Morgan fingerprint density at radius 2 is 2.21 bits per heavy atom. The van der Waals surface area contributed by atoms with Gasteiger partial charge in [-0.15, -0.1) is 0 Å². The molecular formula is C11H9F3N2O3. The lowest BCUT2D eigenvalue weighted by Gasteiger charge is -2.06. The fourth-order valence-electron chi connectivity index (χ4n) is 1.73. The first kappa shape index (κ1) is 13.3. The highest BCUT2D eigenvalue weighted by Gasteiger charge is 2.31. The standard InChI is InChI=1S/C11H9F3N2O3/c1-19-5-7-9(10(17)18)16-3-2-6(11(12,13)14)4-8(16)15-7/h2-4H,5H2,1H3,(H,17,18). The van der Waals surface area contributed by atoms with Crippen molar-refractivity contribution in [2.75, 3.05) is 7.11 Å².